The summed E-state index contributed by atoms with van der Waals surface area (Å²) >= 11 is 0. The Hall–Kier alpha value is -1.82. The van der Waals surface area contributed by atoms with Crippen molar-refractivity contribution in [1.82, 2.24) is 0 Å². The number of nitrogens with zero attached hydrogens (tertiary/aromatic N) is 1. The van der Waals surface area contributed by atoms with Crippen LogP contribution in [0.15, 0.2) is 12.1 Å². The smallest absolute Gasteiger partial charge is 0.273 e. The maximum absolute atomic E-state index is 10.7. The van der Waals surface area contributed by atoms with Gasteiger partial charge >= 0.3 is 0 Å². The van der Waals surface area contributed by atoms with Crippen LogP contribution in [0, 0.1) is 10.1 Å². The largest absolute Gasteiger partial charge is 0.493 e. The van der Waals surface area contributed by atoms with Crippen molar-refractivity contribution in [2.24, 2.45) is 5.73 Å². The molecule has 0 amide bonds. The number of non-ortho nitro benzene ring substituents is 1. The number of ether oxygens (including phenoxy) is 2. The highest BCUT2D eigenvalue weighted by Gasteiger charge is 2.25. The summed E-state index contributed by atoms with van der Waals surface area (Å²) in [6.45, 7) is 0.502. The molecule has 1 heterocycles. The molecule has 16 heavy (non-hydrogen) atoms. The fourth-order valence-electron chi connectivity index (χ4n) is 1.74. The molecule has 2 rings (SSSR count). The summed E-state index contributed by atoms with van der Waals surface area (Å²) in [5.74, 6) is 0.881. The van der Waals surface area contributed by atoms with Crippen molar-refractivity contribution < 1.29 is 14.4 Å². The van der Waals surface area contributed by atoms with Gasteiger partial charge in [-0.1, -0.05) is 0 Å². The van der Waals surface area contributed by atoms with Gasteiger partial charge in [-0.3, -0.25) is 10.1 Å². The maximum atomic E-state index is 10.7. The van der Waals surface area contributed by atoms with Crippen LogP contribution in [0.2, 0.25) is 0 Å². The minimum absolute atomic E-state index is 0.0310. The van der Waals surface area contributed by atoms with E-state index in [1.807, 2.05) is 0 Å². The number of benzene rings is 1. The van der Waals surface area contributed by atoms with E-state index in [4.69, 9.17) is 15.2 Å². The third-order valence-electron chi connectivity index (χ3n) is 2.57. The van der Waals surface area contributed by atoms with Gasteiger partial charge in [0.25, 0.3) is 5.69 Å². The second-order valence-corrected chi connectivity index (χ2v) is 3.57. The van der Waals surface area contributed by atoms with Crippen LogP contribution in [0.25, 0.3) is 0 Å². The zero-order valence-electron chi connectivity index (χ0n) is 8.80. The summed E-state index contributed by atoms with van der Waals surface area (Å²) in [4.78, 5) is 10.3. The van der Waals surface area contributed by atoms with Crippen LogP contribution in [0.1, 0.15) is 18.0 Å². The summed E-state index contributed by atoms with van der Waals surface area (Å²) in [6, 6.07) is 2.55. The Morgan fingerprint density at radius 1 is 1.62 bits per heavy atom. The van der Waals surface area contributed by atoms with Crippen LogP contribution in [-0.2, 0) is 0 Å². The monoisotopic (exact) mass is 224 g/mol. The van der Waals surface area contributed by atoms with E-state index in [1.165, 1.54) is 19.2 Å². The van der Waals surface area contributed by atoms with E-state index in [9.17, 15) is 10.1 Å². The number of nitro benzene ring substituents is 1. The molecular weight excluding hydrogens is 212 g/mol. The molecule has 1 aliphatic rings. The van der Waals surface area contributed by atoms with E-state index in [0.717, 1.165) is 0 Å². The molecule has 0 aromatic heterocycles. The van der Waals surface area contributed by atoms with Gasteiger partial charge in [0, 0.05) is 24.1 Å². The number of fused-ring (bicyclic) bond motifs is 1. The lowest BCUT2D eigenvalue weighted by Gasteiger charge is -2.24. The molecule has 0 saturated heterocycles. The molecule has 1 aromatic rings. The lowest BCUT2D eigenvalue weighted by atomic mass is 10.0. The molecule has 6 nitrogen and oxygen atoms in total. The van der Waals surface area contributed by atoms with Crippen LogP contribution in [0.4, 0.5) is 5.69 Å². The molecule has 0 saturated carbocycles. The quantitative estimate of drug-likeness (QED) is 0.605. The summed E-state index contributed by atoms with van der Waals surface area (Å²) in [6.07, 6.45) is 0.650. The van der Waals surface area contributed by atoms with Crippen LogP contribution in [0.3, 0.4) is 0 Å². The molecule has 0 fully saturated rings. The van der Waals surface area contributed by atoms with Crippen LogP contribution in [-0.4, -0.2) is 18.6 Å². The van der Waals surface area contributed by atoms with Crippen LogP contribution in [0.5, 0.6) is 11.5 Å². The Bertz CT molecular complexity index is 433. The fraction of sp³-hybridized carbons (Fsp3) is 0.400. The van der Waals surface area contributed by atoms with Crippen LogP contribution < -0.4 is 15.2 Å². The summed E-state index contributed by atoms with van der Waals surface area (Å²) in [7, 11) is 1.45. The average Bonchev–Trinajstić information content (AvgIpc) is 2.28. The van der Waals surface area contributed by atoms with E-state index < -0.39 is 4.92 Å². The Balaban J connectivity index is 2.58. The van der Waals surface area contributed by atoms with Crippen molar-refractivity contribution in [3.8, 4) is 11.5 Å². The van der Waals surface area contributed by atoms with Crippen molar-refractivity contribution in [2.45, 2.75) is 12.5 Å². The number of hydrogen-bond acceptors (Lipinski definition) is 5. The highest BCUT2D eigenvalue weighted by Crippen LogP contribution is 2.41. The molecule has 0 bridgehead atoms. The highest BCUT2D eigenvalue weighted by molar-refractivity contribution is 5.56. The van der Waals surface area contributed by atoms with Gasteiger partial charge in [-0.2, -0.15) is 0 Å². The number of nitrogens with two attached hydrogens (primary N) is 1. The minimum Gasteiger partial charge on any atom is -0.493 e. The number of rotatable bonds is 2. The molecular formula is C10H12N2O4. The third kappa shape index (κ3) is 1.67. The first-order valence-corrected chi connectivity index (χ1v) is 4.88. The number of nitro groups is 1. The lowest BCUT2D eigenvalue weighted by molar-refractivity contribution is -0.385. The van der Waals surface area contributed by atoms with E-state index in [-0.39, 0.29) is 11.7 Å². The van der Waals surface area contributed by atoms with E-state index >= 15 is 0 Å². The Morgan fingerprint density at radius 2 is 2.38 bits per heavy atom. The van der Waals surface area contributed by atoms with Gasteiger partial charge in [-0.15, -0.1) is 0 Å². The van der Waals surface area contributed by atoms with Gasteiger partial charge in [-0.25, -0.2) is 0 Å². The van der Waals surface area contributed by atoms with E-state index in [0.29, 0.717) is 30.1 Å². The second-order valence-electron chi connectivity index (χ2n) is 3.57. The predicted octanol–water partition coefficient (Wildman–Crippen LogP) is 1.39. The summed E-state index contributed by atoms with van der Waals surface area (Å²) in [5, 5.41) is 10.7. The van der Waals surface area contributed by atoms with Crippen molar-refractivity contribution in [2.75, 3.05) is 13.7 Å². The van der Waals surface area contributed by atoms with Crippen molar-refractivity contribution in [3.05, 3.63) is 27.8 Å². The van der Waals surface area contributed by atoms with E-state index in [1.54, 1.807) is 0 Å². The van der Waals surface area contributed by atoms with Crippen molar-refractivity contribution >= 4 is 5.69 Å². The number of hydrogen-bond donors (Lipinski definition) is 1. The molecule has 1 atom stereocenters. The molecule has 1 aromatic carbocycles. The normalized spacial score (nSPS) is 18.5. The topological polar surface area (TPSA) is 87.6 Å². The van der Waals surface area contributed by atoms with Gasteiger partial charge < -0.3 is 15.2 Å². The molecule has 0 spiro atoms. The highest BCUT2D eigenvalue weighted by atomic mass is 16.6. The Labute approximate surface area is 92.1 Å². The average molecular weight is 224 g/mol. The summed E-state index contributed by atoms with van der Waals surface area (Å²) in [5.41, 5.74) is 6.49. The molecule has 86 valence electrons. The van der Waals surface area contributed by atoms with Gasteiger partial charge in [0.1, 0.15) is 0 Å². The standard InChI is InChI=1S/C10H12N2O4/c1-15-9-5-6(12(13)14)4-7-8(11)2-3-16-10(7)9/h4-5,8H,2-3,11H2,1H3/t8-/m1/s1. The number of methoxy groups -OCH3 is 1. The molecule has 0 aliphatic carbocycles. The maximum Gasteiger partial charge on any atom is 0.273 e. The predicted molar refractivity (Wildman–Crippen MR) is 56.7 cm³/mol. The Morgan fingerprint density at radius 3 is 3.00 bits per heavy atom. The van der Waals surface area contributed by atoms with Gasteiger partial charge in [0.15, 0.2) is 11.5 Å². The van der Waals surface area contributed by atoms with Crippen molar-refractivity contribution in [1.29, 1.82) is 0 Å². The first kappa shape index (κ1) is 10.7. The Kier molecular flexibility index (Phi) is 2.66. The van der Waals surface area contributed by atoms with Crippen LogP contribution >= 0.6 is 0 Å². The van der Waals surface area contributed by atoms with Gasteiger partial charge in [-0.05, 0) is 0 Å². The first-order chi connectivity index (χ1) is 7.63. The van der Waals surface area contributed by atoms with Gasteiger partial charge in [0.2, 0.25) is 0 Å². The third-order valence-corrected chi connectivity index (χ3v) is 2.57. The lowest BCUT2D eigenvalue weighted by Crippen LogP contribution is -2.21. The van der Waals surface area contributed by atoms with E-state index in [2.05, 4.69) is 0 Å². The molecule has 6 heteroatoms. The first-order valence-electron chi connectivity index (χ1n) is 4.88. The summed E-state index contributed by atoms with van der Waals surface area (Å²) < 4.78 is 10.5. The molecule has 0 unspecified atom stereocenters. The zero-order chi connectivity index (χ0) is 11.7. The molecule has 1 aliphatic heterocycles. The SMILES string of the molecule is COc1cc([N+](=O)[O-])cc2c1OCC[C@H]2N. The fourth-order valence-corrected chi connectivity index (χ4v) is 1.74. The zero-order valence-corrected chi connectivity index (χ0v) is 8.80. The van der Waals surface area contributed by atoms with Crippen molar-refractivity contribution in [3.63, 3.8) is 0 Å². The molecule has 2 N–H and O–H groups in total. The van der Waals surface area contributed by atoms with Gasteiger partial charge in [0.05, 0.1) is 24.7 Å². The minimum atomic E-state index is -0.468. The molecule has 0 radical (unpaired) electrons. The second kappa shape index (κ2) is 3.97.